The van der Waals surface area contributed by atoms with E-state index in [1.165, 1.54) is 11.3 Å². The highest BCUT2D eigenvalue weighted by Gasteiger charge is 2.16. The average Bonchev–Trinajstić information content (AvgIpc) is 3.52. The van der Waals surface area contributed by atoms with E-state index >= 15 is 0 Å². The van der Waals surface area contributed by atoms with Gasteiger partial charge in [-0.25, -0.2) is 4.98 Å². The third-order valence-corrected chi connectivity index (χ3v) is 6.03. The highest BCUT2D eigenvalue weighted by atomic mass is 32.1. The zero-order valence-corrected chi connectivity index (χ0v) is 18.8. The van der Waals surface area contributed by atoms with Crippen molar-refractivity contribution < 1.29 is 19.1 Å². The third kappa shape index (κ3) is 4.89. The smallest absolute Gasteiger partial charge is 0.253 e. The molecule has 0 atom stereocenters. The summed E-state index contributed by atoms with van der Waals surface area (Å²) in [7, 11) is 0. The number of pyridine rings is 1. The molecule has 2 amide bonds. The van der Waals surface area contributed by atoms with Crippen LogP contribution in [0.2, 0.25) is 0 Å². The Morgan fingerprint density at radius 2 is 1.85 bits per heavy atom. The molecule has 2 N–H and O–H groups in total. The highest BCUT2D eigenvalue weighted by Crippen LogP contribution is 2.32. The summed E-state index contributed by atoms with van der Waals surface area (Å²) in [5, 5.41) is 8.32. The van der Waals surface area contributed by atoms with Gasteiger partial charge in [0, 0.05) is 18.1 Å². The van der Waals surface area contributed by atoms with Crippen molar-refractivity contribution in [1.82, 2.24) is 15.3 Å². The Balaban J connectivity index is 1.22. The van der Waals surface area contributed by atoms with Gasteiger partial charge in [0.2, 0.25) is 12.7 Å². The number of amides is 2. The minimum atomic E-state index is -0.292. The normalized spacial score (nSPS) is 11.8. The molecule has 4 aromatic rings. The van der Waals surface area contributed by atoms with E-state index in [1.807, 2.05) is 41.8 Å². The van der Waals surface area contributed by atoms with Crippen LogP contribution in [0.1, 0.15) is 21.6 Å². The van der Waals surface area contributed by atoms with E-state index in [0.717, 1.165) is 16.3 Å². The Morgan fingerprint density at radius 3 is 2.74 bits per heavy atom. The van der Waals surface area contributed by atoms with Crippen molar-refractivity contribution in [2.75, 3.05) is 12.1 Å². The number of hydrogen-bond donors (Lipinski definition) is 2. The Bertz CT molecular complexity index is 1340. The molecule has 1 aliphatic rings. The number of nitrogens with one attached hydrogen (secondary N) is 2. The van der Waals surface area contributed by atoms with Crippen LogP contribution in [0.5, 0.6) is 11.5 Å². The summed E-state index contributed by atoms with van der Waals surface area (Å²) in [6.45, 7) is 0.510. The fourth-order valence-electron chi connectivity index (χ4n) is 3.47. The van der Waals surface area contributed by atoms with Gasteiger partial charge in [-0.05, 0) is 42.0 Å². The topological polar surface area (TPSA) is 102 Å². The Kier molecular flexibility index (Phi) is 6.17. The summed E-state index contributed by atoms with van der Waals surface area (Å²) in [6.07, 6.45) is 1.80. The summed E-state index contributed by atoms with van der Waals surface area (Å²) < 4.78 is 10.7. The summed E-state index contributed by atoms with van der Waals surface area (Å²) in [6, 6.07) is 18.0. The quantitative estimate of drug-likeness (QED) is 0.421. The van der Waals surface area contributed by atoms with Gasteiger partial charge in [0.25, 0.3) is 5.91 Å². The van der Waals surface area contributed by atoms with Gasteiger partial charge in [-0.3, -0.25) is 14.6 Å². The van der Waals surface area contributed by atoms with Gasteiger partial charge in [-0.1, -0.05) is 24.3 Å². The second kappa shape index (κ2) is 9.72. The predicted octanol–water partition coefficient (Wildman–Crippen LogP) is 4.05. The number of nitrogens with zero attached hydrogens (tertiary/aromatic N) is 2. The van der Waals surface area contributed by atoms with Crippen LogP contribution in [0, 0.1) is 0 Å². The van der Waals surface area contributed by atoms with Crippen molar-refractivity contribution in [2.24, 2.45) is 0 Å². The van der Waals surface area contributed by atoms with Crippen LogP contribution >= 0.6 is 11.3 Å². The summed E-state index contributed by atoms with van der Waals surface area (Å²) in [5.74, 6) is 0.802. The summed E-state index contributed by atoms with van der Waals surface area (Å²) >= 11 is 1.44. The lowest BCUT2D eigenvalue weighted by Gasteiger charge is -2.11. The molecule has 8 nitrogen and oxygen atoms in total. The molecular weight excluding hydrogens is 452 g/mol. The molecule has 1 aliphatic heterocycles. The van der Waals surface area contributed by atoms with E-state index in [2.05, 4.69) is 20.6 Å². The molecule has 0 spiro atoms. The van der Waals surface area contributed by atoms with Crippen LogP contribution in [0.15, 0.2) is 72.2 Å². The molecule has 9 heteroatoms. The van der Waals surface area contributed by atoms with Crippen molar-refractivity contribution in [3.63, 3.8) is 0 Å². The Hall–Kier alpha value is -4.24. The molecule has 0 saturated carbocycles. The van der Waals surface area contributed by atoms with E-state index in [4.69, 9.17) is 9.47 Å². The fourth-order valence-corrected chi connectivity index (χ4v) is 4.27. The van der Waals surface area contributed by atoms with Crippen LogP contribution in [-0.2, 0) is 17.8 Å². The first-order valence-electron chi connectivity index (χ1n) is 10.6. The SMILES string of the molecule is O=C(Cc1csc(-c2ccccn2)n1)Nc1ccccc1C(=O)NCc1ccc2c(c1)OCO2. The first-order valence-corrected chi connectivity index (χ1v) is 11.4. The number of carbonyl (C=O) groups excluding carboxylic acids is 2. The maximum absolute atomic E-state index is 12.8. The van der Waals surface area contributed by atoms with Crippen LogP contribution in [0.4, 0.5) is 5.69 Å². The number of anilines is 1. The van der Waals surface area contributed by atoms with Crippen LogP contribution in [0.3, 0.4) is 0 Å². The molecule has 0 aliphatic carbocycles. The second-order valence-corrected chi connectivity index (χ2v) is 8.36. The lowest BCUT2D eigenvalue weighted by molar-refractivity contribution is -0.115. The van der Waals surface area contributed by atoms with Crippen molar-refractivity contribution in [1.29, 1.82) is 0 Å². The maximum atomic E-state index is 12.8. The number of ether oxygens (including phenoxy) is 2. The predicted molar refractivity (Wildman–Crippen MR) is 128 cm³/mol. The number of fused-ring (bicyclic) bond motifs is 1. The number of para-hydroxylation sites is 1. The molecule has 0 bridgehead atoms. The number of benzene rings is 2. The molecular formula is C25H20N4O4S. The van der Waals surface area contributed by atoms with Crippen LogP contribution in [0.25, 0.3) is 10.7 Å². The van der Waals surface area contributed by atoms with E-state index in [-0.39, 0.29) is 25.0 Å². The Labute approximate surface area is 199 Å². The molecule has 2 aromatic heterocycles. The van der Waals surface area contributed by atoms with Crippen molar-refractivity contribution >= 4 is 28.8 Å². The zero-order valence-electron chi connectivity index (χ0n) is 18.0. The lowest BCUT2D eigenvalue weighted by atomic mass is 10.1. The molecule has 170 valence electrons. The van der Waals surface area contributed by atoms with E-state index in [1.54, 1.807) is 30.5 Å². The maximum Gasteiger partial charge on any atom is 0.253 e. The molecule has 0 fully saturated rings. The number of thiazole rings is 1. The van der Waals surface area contributed by atoms with Gasteiger partial charge in [0.1, 0.15) is 5.01 Å². The second-order valence-electron chi connectivity index (χ2n) is 7.50. The number of rotatable bonds is 7. The Morgan fingerprint density at radius 1 is 1.00 bits per heavy atom. The molecule has 34 heavy (non-hydrogen) atoms. The van der Waals surface area contributed by atoms with Gasteiger partial charge in [-0.15, -0.1) is 11.3 Å². The number of hydrogen-bond acceptors (Lipinski definition) is 7. The van der Waals surface area contributed by atoms with Gasteiger partial charge >= 0.3 is 0 Å². The van der Waals surface area contributed by atoms with Crippen molar-refractivity contribution in [3.8, 4) is 22.2 Å². The number of aromatic nitrogens is 2. The zero-order chi connectivity index (χ0) is 23.3. The van der Waals surface area contributed by atoms with E-state index in [0.29, 0.717) is 35.0 Å². The fraction of sp³-hybridized carbons (Fsp3) is 0.120. The van der Waals surface area contributed by atoms with Gasteiger partial charge in [0.05, 0.1) is 29.1 Å². The third-order valence-electron chi connectivity index (χ3n) is 5.11. The minimum Gasteiger partial charge on any atom is -0.454 e. The summed E-state index contributed by atoms with van der Waals surface area (Å²) in [4.78, 5) is 34.3. The first-order chi connectivity index (χ1) is 16.7. The minimum absolute atomic E-state index is 0.0937. The first kappa shape index (κ1) is 21.6. The standard InChI is InChI=1S/C25H20N4O4S/c30-23(12-17-14-34-25(28-17)20-7-3-4-10-26-20)29-19-6-2-1-5-18(19)24(31)27-13-16-8-9-21-22(11-16)33-15-32-21/h1-11,14H,12-13,15H2,(H,27,31)(H,29,30). The van der Waals surface area contributed by atoms with Crippen molar-refractivity contribution in [3.05, 3.63) is 89.1 Å². The highest BCUT2D eigenvalue weighted by molar-refractivity contribution is 7.13. The van der Waals surface area contributed by atoms with Crippen LogP contribution < -0.4 is 20.1 Å². The van der Waals surface area contributed by atoms with Crippen LogP contribution in [-0.4, -0.2) is 28.6 Å². The largest absolute Gasteiger partial charge is 0.454 e. The monoisotopic (exact) mass is 472 g/mol. The average molecular weight is 473 g/mol. The van der Waals surface area contributed by atoms with E-state index in [9.17, 15) is 9.59 Å². The molecule has 3 heterocycles. The molecule has 0 radical (unpaired) electrons. The van der Waals surface area contributed by atoms with Gasteiger partial charge in [0.15, 0.2) is 11.5 Å². The van der Waals surface area contributed by atoms with E-state index < -0.39 is 0 Å². The summed E-state index contributed by atoms with van der Waals surface area (Å²) in [5.41, 5.74) is 3.11. The molecule has 5 rings (SSSR count). The lowest BCUT2D eigenvalue weighted by Crippen LogP contribution is -2.25. The molecule has 0 unspecified atom stereocenters. The van der Waals surface area contributed by atoms with Crippen molar-refractivity contribution in [2.45, 2.75) is 13.0 Å². The van der Waals surface area contributed by atoms with Gasteiger partial charge in [-0.2, -0.15) is 0 Å². The number of carbonyl (C=O) groups is 2. The van der Waals surface area contributed by atoms with Gasteiger partial charge < -0.3 is 20.1 Å². The molecule has 2 aromatic carbocycles. The molecule has 0 saturated heterocycles.